The highest BCUT2D eigenvalue weighted by Gasteiger charge is 2.65. The molecule has 0 aliphatic heterocycles. The summed E-state index contributed by atoms with van der Waals surface area (Å²) in [5, 5.41) is 55.0. The van der Waals surface area contributed by atoms with Crippen LogP contribution in [0.25, 0.3) is 10.8 Å². The lowest BCUT2D eigenvalue weighted by Crippen LogP contribution is -2.66. The molecule has 0 heterocycles. The van der Waals surface area contributed by atoms with Gasteiger partial charge in [-0.05, 0) is 43.6 Å². The summed E-state index contributed by atoms with van der Waals surface area (Å²) < 4.78 is 0. The van der Waals surface area contributed by atoms with Crippen molar-refractivity contribution >= 4 is 40.7 Å². The lowest BCUT2D eigenvalue weighted by Gasteiger charge is -2.49. The molecule has 176 valence electrons. The number of phenolic OH excluding ortho intramolecular Hbond substituents is 2. The van der Waals surface area contributed by atoms with Crippen LogP contribution in [0.15, 0.2) is 29.5 Å². The van der Waals surface area contributed by atoms with Gasteiger partial charge >= 0.3 is 0 Å². The van der Waals surface area contributed by atoms with Gasteiger partial charge in [-0.25, -0.2) is 0 Å². The number of halogens is 1. The number of nitrogens with zero attached hydrogens (tertiary/aromatic N) is 1. The summed E-state index contributed by atoms with van der Waals surface area (Å²) in [5.74, 6) is -7.47. The smallest absolute Gasteiger partial charge is 0.255 e. The number of ketones is 2. The number of benzene rings is 2. The van der Waals surface area contributed by atoms with Crippen molar-refractivity contribution < 1.29 is 39.9 Å². The molecular weight excluding hydrogens is 456 g/mol. The van der Waals surface area contributed by atoms with Crippen molar-refractivity contribution in [1.82, 2.24) is 4.90 Å². The molecule has 10 nitrogen and oxygen atoms in total. The first-order valence-electron chi connectivity index (χ1n) is 9.73. The van der Waals surface area contributed by atoms with Crippen LogP contribution in [-0.2, 0) is 9.59 Å². The van der Waals surface area contributed by atoms with Gasteiger partial charge in [0, 0.05) is 0 Å². The number of phenols is 2. The number of aliphatic hydroxyl groups is 3. The number of aromatic hydroxyl groups is 2. The third-order valence-corrected chi connectivity index (χ3v) is 6.54. The predicted octanol–water partition coefficient (Wildman–Crippen LogP) is 0.369. The minimum Gasteiger partial charge on any atom is -0.508 e. The number of rotatable bonds is 2. The number of amides is 1. The van der Waals surface area contributed by atoms with Crippen LogP contribution >= 0.6 is 12.4 Å². The van der Waals surface area contributed by atoms with Gasteiger partial charge in [0.2, 0.25) is 5.78 Å². The Morgan fingerprint density at radius 1 is 1.15 bits per heavy atom. The van der Waals surface area contributed by atoms with Gasteiger partial charge in [-0.15, -0.1) is 12.4 Å². The van der Waals surface area contributed by atoms with Crippen molar-refractivity contribution in [3.63, 3.8) is 0 Å². The maximum atomic E-state index is 13.6. The van der Waals surface area contributed by atoms with Gasteiger partial charge < -0.3 is 31.3 Å². The summed E-state index contributed by atoms with van der Waals surface area (Å²) in [6.45, 7) is 1.56. The van der Waals surface area contributed by atoms with Crippen LogP contribution in [0.2, 0.25) is 0 Å². The van der Waals surface area contributed by atoms with Crippen LogP contribution in [0, 0.1) is 12.8 Å². The number of Topliss-reactive ketones (excluding diaryl/α,β-unsaturated/α-hetero) is 2. The Balaban J connectivity index is 0.00000306. The van der Waals surface area contributed by atoms with Crippen molar-refractivity contribution in [2.45, 2.75) is 24.7 Å². The summed E-state index contributed by atoms with van der Waals surface area (Å²) in [6, 6.07) is 2.98. The Kier molecular flexibility index (Phi) is 5.71. The molecule has 7 N–H and O–H groups in total. The number of hydrogen-bond donors (Lipinski definition) is 6. The number of aliphatic hydroxyl groups excluding tert-OH is 2. The van der Waals surface area contributed by atoms with E-state index >= 15 is 0 Å². The number of carbonyl (C=O) groups excluding carboxylic acids is 3. The molecule has 2 aromatic rings. The third-order valence-electron chi connectivity index (χ3n) is 6.54. The van der Waals surface area contributed by atoms with Crippen LogP contribution in [0.1, 0.15) is 27.6 Å². The van der Waals surface area contributed by atoms with Crippen LogP contribution in [-0.4, -0.2) is 73.6 Å². The molecule has 0 spiro atoms. The Bertz CT molecular complexity index is 1270. The van der Waals surface area contributed by atoms with E-state index in [2.05, 4.69) is 0 Å². The number of likely N-dealkylation sites (N-methyl/N-ethyl adjacent to an activating group) is 1. The van der Waals surface area contributed by atoms with Gasteiger partial charge in [-0.1, -0.05) is 12.1 Å². The number of fused-ring (bicyclic) bond motifs is 3. The normalized spacial score (nSPS) is 26.8. The largest absolute Gasteiger partial charge is 0.508 e. The average Bonchev–Trinajstić information content (AvgIpc) is 2.70. The SMILES string of the molecule is Cc1c2c(c(O)c3c(O)cccc13)C(=O)[C@]1(O)C(O)=C(C(N)=O)C(=O)[C@@H](N(C)C)[C@@H]1[C@H]2O.Cl. The number of carbonyl (C=O) groups is 3. The van der Waals surface area contributed by atoms with E-state index in [1.807, 2.05) is 0 Å². The van der Waals surface area contributed by atoms with E-state index in [1.165, 1.54) is 31.1 Å². The average molecular weight is 479 g/mol. The van der Waals surface area contributed by atoms with Crippen molar-refractivity contribution in [3.05, 3.63) is 46.2 Å². The fraction of sp³-hybridized carbons (Fsp3) is 0.318. The number of primary amides is 1. The molecule has 0 unspecified atom stereocenters. The lowest BCUT2D eigenvalue weighted by atomic mass is 9.60. The summed E-state index contributed by atoms with van der Waals surface area (Å²) >= 11 is 0. The van der Waals surface area contributed by atoms with Gasteiger partial charge in [0.1, 0.15) is 22.8 Å². The highest BCUT2D eigenvalue weighted by atomic mass is 35.5. The minimum absolute atomic E-state index is 0. The first kappa shape index (κ1) is 24.5. The first-order valence-corrected chi connectivity index (χ1v) is 9.73. The summed E-state index contributed by atoms with van der Waals surface area (Å²) in [7, 11) is 2.89. The molecular formula is C22H23ClN2O8. The Morgan fingerprint density at radius 2 is 1.76 bits per heavy atom. The van der Waals surface area contributed by atoms with Gasteiger partial charge in [0.25, 0.3) is 5.91 Å². The molecule has 2 aliphatic carbocycles. The minimum atomic E-state index is -2.93. The molecule has 0 saturated carbocycles. The highest BCUT2D eigenvalue weighted by molar-refractivity contribution is 6.25. The fourth-order valence-corrected chi connectivity index (χ4v) is 5.11. The van der Waals surface area contributed by atoms with Crippen LogP contribution in [0.5, 0.6) is 11.5 Å². The van der Waals surface area contributed by atoms with Crippen molar-refractivity contribution in [1.29, 1.82) is 0 Å². The number of nitrogens with two attached hydrogens (primary N) is 1. The topological polar surface area (TPSA) is 182 Å². The second-order valence-electron chi connectivity index (χ2n) is 8.39. The standard InChI is InChI=1S/C22H22N2O8.ClH/c1-7-8-5-4-6-9(25)11(8)16(26)12-10(7)17(27)14-15(24(2)3)18(28)13(21(23)31)20(30)22(14,32)19(12)29;/h4-6,14-15,17,25-27,30,32H,1-3H3,(H2,23,31);1H/t14-,15+,17+,22+;/m1./s1. The first-order chi connectivity index (χ1) is 14.9. The number of hydrogen-bond acceptors (Lipinski definition) is 9. The zero-order valence-corrected chi connectivity index (χ0v) is 18.7. The quantitative estimate of drug-likeness (QED) is 0.332. The van der Waals surface area contributed by atoms with Crippen LogP contribution < -0.4 is 5.73 Å². The van der Waals surface area contributed by atoms with Crippen molar-refractivity contribution in [2.75, 3.05) is 14.1 Å². The molecule has 0 saturated heterocycles. The van der Waals surface area contributed by atoms with E-state index in [-0.39, 0.29) is 29.1 Å². The van der Waals surface area contributed by atoms with E-state index < -0.39 is 63.8 Å². The molecule has 2 aromatic carbocycles. The second-order valence-corrected chi connectivity index (χ2v) is 8.39. The van der Waals surface area contributed by atoms with E-state index in [0.717, 1.165) is 0 Å². The summed E-state index contributed by atoms with van der Waals surface area (Å²) in [6.07, 6.45) is -1.71. The molecule has 0 aromatic heterocycles. The van der Waals surface area contributed by atoms with Crippen LogP contribution in [0.3, 0.4) is 0 Å². The maximum absolute atomic E-state index is 13.6. The zero-order chi connectivity index (χ0) is 23.9. The van der Waals surface area contributed by atoms with Crippen molar-refractivity contribution in [2.24, 2.45) is 11.7 Å². The monoisotopic (exact) mass is 478 g/mol. The molecule has 4 atom stereocenters. The van der Waals surface area contributed by atoms with Crippen LogP contribution in [0.4, 0.5) is 0 Å². The lowest BCUT2D eigenvalue weighted by molar-refractivity contribution is -0.139. The summed E-state index contributed by atoms with van der Waals surface area (Å²) in [4.78, 5) is 39.9. The predicted molar refractivity (Wildman–Crippen MR) is 118 cm³/mol. The molecule has 0 bridgehead atoms. The van der Waals surface area contributed by atoms with Gasteiger partial charge in [-0.2, -0.15) is 0 Å². The van der Waals surface area contributed by atoms with Gasteiger partial charge in [0.15, 0.2) is 11.4 Å². The molecule has 11 heteroatoms. The van der Waals surface area contributed by atoms with Gasteiger partial charge in [0.05, 0.1) is 29.0 Å². The molecule has 2 aliphatic rings. The van der Waals surface area contributed by atoms with E-state index in [4.69, 9.17) is 5.73 Å². The third kappa shape index (κ3) is 2.88. The Morgan fingerprint density at radius 3 is 2.30 bits per heavy atom. The molecule has 1 amide bonds. The highest BCUT2D eigenvalue weighted by Crippen LogP contribution is 2.54. The van der Waals surface area contributed by atoms with Gasteiger partial charge in [-0.3, -0.25) is 19.3 Å². The van der Waals surface area contributed by atoms with E-state index in [9.17, 15) is 39.9 Å². The number of aryl methyl sites for hydroxylation is 1. The van der Waals surface area contributed by atoms with E-state index in [0.29, 0.717) is 10.9 Å². The molecule has 0 fully saturated rings. The van der Waals surface area contributed by atoms with E-state index in [1.54, 1.807) is 13.0 Å². The molecule has 4 rings (SSSR count). The maximum Gasteiger partial charge on any atom is 0.255 e. The summed E-state index contributed by atoms with van der Waals surface area (Å²) in [5.41, 5.74) is 1.13. The molecule has 33 heavy (non-hydrogen) atoms. The van der Waals surface area contributed by atoms with Crippen molar-refractivity contribution in [3.8, 4) is 11.5 Å². The fourth-order valence-electron chi connectivity index (χ4n) is 5.11. The zero-order valence-electron chi connectivity index (χ0n) is 17.9. The second kappa shape index (κ2) is 7.70. The molecule has 0 radical (unpaired) electrons. The Labute approximate surface area is 193 Å². The Hall–Kier alpha value is -3.18.